The number of esters is 1. The Balaban J connectivity index is 1.64. The van der Waals surface area contributed by atoms with Crippen LogP contribution in [0.5, 0.6) is 5.75 Å². The van der Waals surface area contributed by atoms with Gasteiger partial charge < -0.3 is 9.47 Å². The van der Waals surface area contributed by atoms with Crippen LogP contribution in [0.25, 0.3) is 0 Å². The average molecular weight is 384 g/mol. The molecule has 1 fully saturated rings. The highest BCUT2D eigenvalue weighted by Gasteiger charge is 2.29. The van der Waals surface area contributed by atoms with Crippen molar-refractivity contribution in [3.63, 3.8) is 0 Å². The van der Waals surface area contributed by atoms with E-state index >= 15 is 0 Å². The van der Waals surface area contributed by atoms with E-state index in [0.29, 0.717) is 29.9 Å². The lowest BCUT2D eigenvalue weighted by molar-refractivity contribution is -0.145. The van der Waals surface area contributed by atoms with Gasteiger partial charge in [-0.15, -0.1) is 0 Å². The van der Waals surface area contributed by atoms with Gasteiger partial charge in [-0.05, 0) is 74.7 Å². The highest BCUT2D eigenvalue weighted by molar-refractivity contribution is 6.08. The Bertz CT molecular complexity index is 798. The van der Waals surface area contributed by atoms with Crippen LogP contribution in [-0.4, -0.2) is 24.5 Å². The molecule has 148 valence electrons. The normalized spacial score (nSPS) is 19.1. The standard InChI is InChI=1S/C23H25FO4/c1-2-27-22(25)15-18-5-3-4-6-21(18)28-20-13-9-17(10-14-20)23(26)16-7-11-19(24)12-8-16/h7-14,18,21H,2-6,15H2,1H3. The first-order valence-electron chi connectivity index (χ1n) is 9.79. The fraction of sp³-hybridized carbons (Fsp3) is 0.391. The van der Waals surface area contributed by atoms with Gasteiger partial charge in [-0.2, -0.15) is 0 Å². The first-order valence-corrected chi connectivity index (χ1v) is 9.79. The summed E-state index contributed by atoms with van der Waals surface area (Å²) in [5.41, 5.74) is 0.961. The second-order valence-corrected chi connectivity index (χ2v) is 7.07. The van der Waals surface area contributed by atoms with E-state index in [-0.39, 0.29) is 29.6 Å². The Morgan fingerprint density at radius 3 is 2.21 bits per heavy atom. The van der Waals surface area contributed by atoms with Crippen LogP contribution < -0.4 is 4.74 Å². The van der Waals surface area contributed by atoms with Gasteiger partial charge in [0.05, 0.1) is 13.0 Å². The highest BCUT2D eigenvalue weighted by atomic mass is 19.1. The Hall–Kier alpha value is -2.69. The minimum atomic E-state index is -0.370. The molecule has 0 amide bonds. The fourth-order valence-corrected chi connectivity index (χ4v) is 3.62. The van der Waals surface area contributed by atoms with Crippen molar-refractivity contribution in [3.05, 3.63) is 65.5 Å². The molecule has 0 saturated heterocycles. The Labute approximate surface area is 164 Å². The molecule has 2 unspecified atom stereocenters. The van der Waals surface area contributed by atoms with Gasteiger partial charge in [-0.1, -0.05) is 6.42 Å². The van der Waals surface area contributed by atoms with Crippen LogP contribution in [0.15, 0.2) is 48.5 Å². The molecule has 0 aliphatic heterocycles. The van der Waals surface area contributed by atoms with Crippen molar-refractivity contribution in [3.8, 4) is 5.75 Å². The maximum absolute atomic E-state index is 13.0. The van der Waals surface area contributed by atoms with Crippen LogP contribution in [0.4, 0.5) is 4.39 Å². The van der Waals surface area contributed by atoms with Crippen molar-refractivity contribution in [2.45, 2.75) is 45.1 Å². The topological polar surface area (TPSA) is 52.6 Å². The molecule has 0 bridgehead atoms. The van der Waals surface area contributed by atoms with E-state index < -0.39 is 0 Å². The lowest BCUT2D eigenvalue weighted by Gasteiger charge is -2.31. The summed E-state index contributed by atoms with van der Waals surface area (Å²) in [7, 11) is 0. The molecule has 1 saturated carbocycles. The second-order valence-electron chi connectivity index (χ2n) is 7.07. The Morgan fingerprint density at radius 2 is 1.57 bits per heavy atom. The maximum atomic E-state index is 13.0. The molecule has 0 spiro atoms. The van der Waals surface area contributed by atoms with Crippen LogP contribution in [0.1, 0.15) is 54.9 Å². The first kappa shape index (κ1) is 20.1. The zero-order chi connectivity index (χ0) is 19.9. The third-order valence-electron chi connectivity index (χ3n) is 5.08. The summed E-state index contributed by atoms with van der Waals surface area (Å²) in [5.74, 6) is 0.113. The number of benzene rings is 2. The van der Waals surface area contributed by atoms with Gasteiger partial charge >= 0.3 is 5.97 Å². The summed E-state index contributed by atoms with van der Waals surface area (Å²) in [5, 5.41) is 0. The minimum absolute atomic E-state index is 0.0307. The van der Waals surface area contributed by atoms with E-state index in [1.165, 1.54) is 24.3 Å². The number of halogens is 1. The van der Waals surface area contributed by atoms with E-state index in [0.717, 1.165) is 25.7 Å². The fourth-order valence-electron chi connectivity index (χ4n) is 3.62. The minimum Gasteiger partial charge on any atom is -0.490 e. The molecule has 0 N–H and O–H groups in total. The number of hydrogen-bond acceptors (Lipinski definition) is 4. The van der Waals surface area contributed by atoms with Crippen molar-refractivity contribution < 1.29 is 23.5 Å². The van der Waals surface area contributed by atoms with Crippen molar-refractivity contribution in [1.82, 2.24) is 0 Å². The van der Waals surface area contributed by atoms with E-state index in [4.69, 9.17) is 9.47 Å². The lowest BCUT2D eigenvalue weighted by Crippen LogP contribution is -2.32. The number of hydrogen-bond donors (Lipinski definition) is 0. The third-order valence-corrected chi connectivity index (χ3v) is 5.08. The zero-order valence-electron chi connectivity index (χ0n) is 16.0. The monoisotopic (exact) mass is 384 g/mol. The van der Waals surface area contributed by atoms with Gasteiger partial charge in [0.15, 0.2) is 5.78 Å². The summed E-state index contributed by atoms with van der Waals surface area (Å²) < 4.78 is 24.2. The van der Waals surface area contributed by atoms with Gasteiger partial charge in [-0.25, -0.2) is 4.39 Å². The van der Waals surface area contributed by atoms with E-state index in [1.807, 2.05) is 6.92 Å². The largest absolute Gasteiger partial charge is 0.490 e. The van der Waals surface area contributed by atoms with E-state index in [2.05, 4.69) is 0 Å². The molecule has 2 aromatic carbocycles. The number of carbonyl (C=O) groups is 2. The quantitative estimate of drug-likeness (QED) is 0.501. The molecule has 1 aliphatic rings. The lowest BCUT2D eigenvalue weighted by atomic mass is 9.84. The average Bonchev–Trinajstić information content (AvgIpc) is 2.70. The summed E-state index contributed by atoms with van der Waals surface area (Å²) in [6, 6.07) is 12.5. The van der Waals surface area contributed by atoms with Crippen molar-refractivity contribution in [1.29, 1.82) is 0 Å². The molecule has 0 heterocycles. The van der Waals surface area contributed by atoms with Crippen molar-refractivity contribution >= 4 is 11.8 Å². The maximum Gasteiger partial charge on any atom is 0.306 e. The summed E-state index contributed by atoms with van der Waals surface area (Å²) >= 11 is 0. The van der Waals surface area contributed by atoms with Crippen molar-refractivity contribution in [2.75, 3.05) is 6.61 Å². The van der Waals surface area contributed by atoms with Gasteiger partial charge in [0.1, 0.15) is 17.7 Å². The van der Waals surface area contributed by atoms with E-state index in [9.17, 15) is 14.0 Å². The number of rotatable bonds is 7. The summed E-state index contributed by atoms with van der Waals surface area (Å²) in [4.78, 5) is 24.3. The molecule has 0 radical (unpaired) electrons. The third kappa shape index (κ3) is 5.18. The van der Waals surface area contributed by atoms with Crippen LogP contribution in [-0.2, 0) is 9.53 Å². The van der Waals surface area contributed by atoms with Crippen LogP contribution >= 0.6 is 0 Å². The Morgan fingerprint density at radius 1 is 0.964 bits per heavy atom. The Kier molecular flexibility index (Phi) is 6.80. The predicted molar refractivity (Wildman–Crippen MR) is 104 cm³/mol. The number of carbonyl (C=O) groups excluding carboxylic acids is 2. The molecular formula is C23H25FO4. The summed E-state index contributed by atoms with van der Waals surface area (Å²) in [6.07, 6.45) is 4.36. The number of ether oxygens (including phenoxy) is 2. The van der Waals surface area contributed by atoms with Gasteiger partial charge in [0.2, 0.25) is 0 Å². The molecule has 2 atom stereocenters. The molecule has 2 aromatic rings. The van der Waals surface area contributed by atoms with Gasteiger partial charge in [-0.3, -0.25) is 9.59 Å². The summed E-state index contributed by atoms with van der Waals surface area (Å²) in [6.45, 7) is 2.20. The van der Waals surface area contributed by atoms with Crippen LogP contribution in [0, 0.1) is 11.7 Å². The molecule has 0 aromatic heterocycles. The molecule has 5 heteroatoms. The first-order chi connectivity index (χ1) is 13.6. The van der Waals surface area contributed by atoms with Crippen molar-refractivity contribution in [2.24, 2.45) is 5.92 Å². The zero-order valence-corrected chi connectivity index (χ0v) is 16.0. The molecule has 28 heavy (non-hydrogen) atoms. The molecule has 1 aliphatic carbocycles. The van der Waals surface area contributed by atoms with Gasteiger partial charge in [0, 0.05) is 17.0 Å². The predicted octanol–water partition coefficient (Wildman–Crippen LogP) is 4.95. The van der Waals surface area contributed by atoms with Gasteiger partial charge in [0.25, 0.3) is 0 Å². The van der Waals surface area contributed by atoms with Crippen LogP contribution in [0.2, 0.25) is 0 Å². The van der Waals surface area contributed by atoms with E-state index in [1.54, 1.807) is 24.3 Å². The number of ketones is 1. The SMILES string of the molecule is CCOC(=O)CC1CCCCC1Oc1ccc(C(=O)c2ccc(F)cc2)cc1. The van der Waals surface area contributed by atoms with Crippen LogP contribution in [0.3, 0.4) is 0 Å². The molecular weight excluding hydrogens is 359 g/mol. The highest BCUT2D eigenvalue weighted by Crippen LogP contribution is 2.31. The smallest absolute Gasteiger partial charge is 0.306 e. The molecule has 4 nitrogen and oxygen atoms in total. The molecule has 3 rings (SSSR count). The second kappa shape index (κ2) is 9.49.